The summed E-state index contributed by atoms with van der Waals surface area (Å²) in [5.41, 5.74) is 0.915. The van der Waals surface area contributed by atoms with Gasteiger partial charge >= 0.3 is 5.69 Å². The number of carbonyl (C=O) groups excluding carboxylic acids is 1. The summed E-state index contributed by atoms with van der Waals surface area (Å²) < 4.78 is 11.3. The molecule has 0 aliphatic carbocycles. The quantitative estimate of drug-likeness (QED) is 0.158. The van der Waals surface area contributed by atoms with Gasteiger partial charge < -0.3 is 14.8 Å². The molecule has 0 unspecified atom stereocenters. The predicted molar refractivity (Wildman–Crippen MR) is 135 cm³/mol. The number of non-ortho nitro benzene ring substituents is 1. The Morgan fingerprint density at radius 2 is 1.68 bits per heavy atom. The highest BCUT2D eigenvalue weighted by molar-refractivity contribution is 6.09. The van der Waals surface area contributed by atoms with Gasteiger partial charge in [0.05, 0.1) is 22.5 Å². The molecule has 0 bridgehead atoms. The number of carbonyl (C=O) groups is 1. The van der Waals surface area contributed by atoms with Gasteiger partial charge in [0.25, 0.3) is 11.6 Å². The summed E-state index contributed by atoms with van der Waals surface area (Å²) in [6.07, 6.45) is 2.23. The highest BCUT2D eigenvalue weighted by atomic mass is 16.6. The summed E-state index contributed by atoms with van der Waals surface area (Å²) in [5.74, 6) is -0.510. The van der Waals surface area contributed by atoms with Gasteiger partial charge in [0.2, 0.25) is 5.75 Å². The van der Waals surface area contributed by atoms with Crippen LogP contribution in [0.5, 0.6) is 17.2 Å². The number of ether oxygens (including phenoxy) is 2. The van der Waals surface area contributed by atoms with Crippen molar-refractivity contribution < 1.29 is 24.1 Å². The molecule has 0 saturated heterocycles. The molecule has 3 rings (SSSR count). The molecule has 0 radical (unpaired) electrons. The zero-order valence-electron chi connectivity index (χ0n) is 20.0. The first-order valence-electron chi connectivity index (χ1n) is 11.1. The number of nitro groups is 2. The lowest BCUT2D eigenvalue weighted by Gasteiger charge is -2.12. The van der Waals surface area contributed by atoms with Crippen LogP contribution in [0.15, 0.2) is 66.2 Å². The van der Waals surface area contributed by atoms with Crippen molar-refractivity contribution in [1.82, 2.24) is 0 Å². The van der Waals surface area contributed by atoms with Crippen LogP contribution in [0.2, 0.25) is 0 Å². The number of hydrogen-bond donors (Lipinski definition) is 1. The molecule has 0 aliphatic rings. The van der Waals surface area contributed by atoms with Crippen LogP contribution in [0.4, 0.5) is 17.1 Å². The van der Waals surface area contributed by atoms with Crippen molar-refractivity contribution in [3.63, 3.8) is 0 Å². The molecule has 37 heavy (non-hydrogen) atoms. The summed E-state index contributed by atoms with van der Waals surface area (Å²) in [4.78, 5) is 33.5. The minimum Gasteiger partial charge on any atom is -0.490 e. The van der Waals surface area contributed by atoms with E-state index in [1.165, 1.54) is 24.3 Å². The zero-order valence-corrected chi connectivity index (χ0v) is 20.0. The first-order chi connectivity index (χ1) is 17.7. The van der Waals surface area contributed by atoms with Crippen molar-refractivity contribution >= 4 is 29.0 Å². The SMILES string of the molecule is CCOc1cc(/C=C(/C#N)C(=O)Nc2ccc(CC)cc2)ccc1Oc1ccc([N+](=O)[O-])cc1[N+](=O)[O-]. The second-order valence-corrected chi connectivity index (χ2v) is 7.58. The van der Waals surface area contributed by atoms with Crippen LogP contribution in [0.1, 0.15) is 25.0 Å². The Balaban J connectivity index is 1.89. The van der Waals surface area contributed by atoms with Crippen LogP contribution in [0.25, 0.3) is 6.08 Å². The van der Waals surface area contributed by atoms with Gasteiger partial charge in [-0.3, -0.25) is 25.0 Å². The summed E-state index contributed by atoms with van der Waals surface area (Å²) in [6.45, 7) is 3.97. The number of nitriles is 1. The Morgan fingerprint density at radius 1 is 0.973 bits per heavy atom. The maximum Gasteiger partial charge on any atom is 0.318 e. The minimum atomic E-state index is -0.784. The molecule has 11 heteroatoms. The Kier molecular flexibility index (Phi) is 8.51. The number of nitrogens with one attached hydrogen (secondary N) is 1. The van der Waals surface area contributed by atoms with Crippen LogP contribution < -0.4 is 14.8 Å². The van der Waals surface area contributed by atoms with Crippen molar-refractivity contribution in [2.45, 2.75) is 20.3 Å². The van der Waals surface area contributed by atoms with Gasteiger partial charge in [-0.2, -0.15) is 5.26 Å². The highest BCUT2D eigenvalue weighted by Gasteiger charge is 2.22. The monoisotopic (exact) mass is 502 g/mol. The Labute approximate surface area is 211 Å². The average Bonchev–Trinajstić information content (AvgIpc) is 2.89. The van der Waals surface area contributed by atoms with Gasteiger partial charge in [0.1, 0.15) is 11.6 Å². The van der Waals surface area contributed by atoms with E-state index in [1.807, 2.05) is 25.1 Å². The van der Waals surface area contributed by atoms with Gasteiger partial charge in [-0.25, -0.2) is 0 Å². The topological polar surface area (TPSA) is 158 Å². The summed E-state index contributed by atoms with van der Waals surface area (Å²) in [7, 11) is 0. The van der Waals surface area contributed by atoms with Crippen molar-refractivity contribution in [3.8, 4) is 23.3 Å². The molecule has 188 valence electrons. The van der Waals surface area contributed by atoms with E-state index in [9.17, 15) is 30.3 Å². The maximum absolute atomic E-state index is 12.6. The molecular weight excluding hydrogens is 480 g/mol. The standard InChI is InChI=1S/C26H22N4O7/c1-3-17-5-8-20(9-6-17)28-26(31)19(16-27)13-18-7-11-24(25(14-18)36-4-2)37-23-12-10-21(29(32)33)15-22(23)30(34)35/h5-15H,3-4H2,1-2H3,(H,28,31)/b19-13-. The number of anilines is 1. The van der Waals surface area contributed by atoms with E-state index in [-0.39, 0.29) is 29.4 Å². The molecule has 0 fully saturated rings. The van der Waals surface area contributed by atoms with Crippen molar-refractivity contribution in [2.75, 3.05) is 11.9 Å². The number of aryl methyl sites for hydroxylation is 1. The summed E-state index contributed by atoms with van der Waals surface area (Å²) >= 11 is 0. The first kappa shape index (κ1) is 26.4. The van der Waals surface area contributed by atoms with E-state index in [0.29, 0.717) is 11.3 Å². The van der Waals surface area contributed by atoms with E-state index in [0.717, 1.165) is 30.2 Å². The number of nitro benzene ring substituents is 2. The fourth-order valence-electron chi connectivity index (χ4n) is 3.27. The molecule has 0 heterocycles. The van der Waals surface area contributed by atoms with E-state index in [4.69, 9.17) is 9.47 Å². The average molecular weight is 502 g/mol. The molecule has 0 spiro atoms. The van der Waals surface area contributed by atoms with Gasteiger partial charge in [-0.15, -0.1) is 0 Å². The number of benzene rings is 3. The third kappa shape index (κ3) is 6.67. The molecule has 1 N–H and O–H groups in total. The molecule has 3 aromatic rings. The van der Waals surface area contributed by atoms with Crippen molar-refractivity contribution in [2.24, 2.45) is 0 Å². The van der Waals surface area contributed by atoms with Crippen molar-refractivity contribution in [3.05, 3.63) is 97.6 Å². The van der Waals surface area contributed by atoms with Crippen LogP contribution in [0, 0.1) is 31.6 Å². The van der Waals surface area contributed by atoms with Crippen LogP contribution in [-0.2, 0) is 11.2 Å². The molecule has 11 nitrogen and oxygen atoms in total. The smallest absolute Gasteiger partial charge is 0.318 e. The van der Waals surface area contributed by atoms with Gasteiger partial charge in [-0.05, 0) is 60.9 Å². The highest BCUT2D eigenvalue weighted by Crippen LogP contribution is 2.38. The summed E-state index contributed by atoms with van der Waals surface area (Å²) in [5, 5.41) is 34.6. The molecule has 0 aliphatic heterocycles. The molecule has 1 amide bonds. The Hall–Kier alpha value is -5.24. The molecule has 0 aromatic heterocycles. The Morgan fingerprint density at radius 3 is 2.27 bits per heavy atom. The lowest BCUT2D eigenvalue weighted by molar-refractivity contribution is -0.394. The zero-order chi connectivity index (χ0) is 26.9. The first-order valence-corrected chi connectivity index (χ1v) is 11.1. The summed E-state index contributed by atoms with van der Waals surface area (Å²) in [6, 6.07) is 16.7. The predicted octanol–water partition coefficient (Wildman–Crippen LogP) is 5.80. The Bertz CT molecular complexity index is 1410. The lowest BCUT2D eigenvalue weighted by atomic mass is 10.1. The fourth-order valence-corrected chi connectivity index (χ4v) is 3.27. The van der Waals surface area contributed by atoms with Crippen LogP contribution in [-0.4, -0.2) is 22.4 Å². The molecular formula is C26H22N4O7. The third-order valence-electron chi connectivity index (χ3n) is 5.13. The van der Waals surface area contributed by atoms with Gasteiger partial charge in [0.15, 0.2) is 11.5 Å². The maximum atomic E-state index is 12.6. The minimum absolute atomic E-state index is 0.106. The number of rotatable bonds is 10. The van der Waals surface area contributed by atoms with Crippen molar-refractivity contribution in [1.29, 1.82) is 5.26 Å². The normalized spacial score (nSPS) is 10.8. The third-order valence-corrected chi connectivity index (χ3v) is 5.13. The number of hydrogen-bond acceptors (Lipinski definition) is 8. The van der Waals surface area contributed by atoms with E-state index >= 15 is 0 Å². The van der Waals surface area contributed by atoms with E-state index in [1.54, 1.807) is 19.1 Å². The van der Waals surface area contributed by atoms with Gasteiger partial charge in [0, 0.05) is 11.8 Å². The number of amides is 1. The van der Waals surface area contributed by atoms with Crippen LogP contribution in [0.3, 0.4) is 0 Å². The molecule has 3 aromatic carbocycles. The van der Waals surface area contributed by atoms with E-state index < -0.39 is 27.1 Å². The molecule has 0 atom stereocenters. The van der Waals surface area contributed by atoms with E-state index in [2.05, 4.69) is 5.32 Å². The lowest BCUT2D eigenvalue weighted by Crippen LogP contribution is -2.13. The molecule has 0 saturated carbocycles. The second kappa shape index (κ2) is 11.9. The fraction of sp³-hybridized carbons (Fsp3) is 0.154. The second-order valence-electron chi connectivity index (χ2n) is 7.58. The van der Waals surface area contributed by atoms with Crippen LogP contribution >= 0.6 is 0 Å². The number of nitrogens with zero attached hydrogens (tertiary/aromatic N) is 3. The largest absolute Gasteiger partial charge is 0.490 e. The van der Waals surface area contributed by atoms with Gasteiger partial charge in [-0.1, -0.05) is 25.1 Å².